The molecule has 5 rings (SSSR count). The third-order valence-corrected chi connectivity index (χ3v) is 8.50. The molecule has 0 saturated carbocycles. The van der Waals surface area contributed by atoms with Crippen LogP contribution >= 0.6 is 22.9 Å². The molecule has 0 radical (unpaired) electrons. The van der Waals surface area contributed by atoms with Gasteiger partial charge in [0.15, 0.2) is 5.13 Å². The SMILES string of the molecule is COCC(=O)N1[C@H](C)CN(c2nc(O)c(C(Cc3ccc(Cl)cc3C(F)(F)F)=c3ccc4c(c3)C=NN=4)s2)C[C@@H]1C. The Bertz CT molecular complexity index is 1630. The second-order valence-corrected chi connectivity index (χ2v) is 11.5. The van der Waals surface area contributed by atoms with E-state index in [9.17, 15) is 23.1 Å². The van der Waals surface area contributed by atoms with Crippen molar-refractivity contribution in [3.05, 3.63) is 73.6 Å². The van der Waals surface area contributed by atoms with E-state index < -0.39 is 11.7 Å². The van der Waals surface area contributed by atoms with E-state index in [2.05, 4.69) is 15.2 Å². The van der Waals surface area contributed by atoms with Crippen molar-refractivity contribution >= 4 is 45.8 Å². The number of ether oxygens (including phenoxy) is 1. The molecule has 1 amide bonds. The monoisotopic (exact) mass is 605 g/mol. The molecule has 0 unspecified atom stereocenters. The molecule has 2 aromatic carbocycles. The van der Waals surface area contributed by atoms with Gasteiger partial charge in [0.25, 0.3) is 0 Å². The van der Waals surface area contributed by atoms with E-state index in [-0.39, 0.29) is 47.5 Å². The van der Waals surface area contributed by atoms with E-state index in [0.29, 0.717) is 39.2 Å². The lowest BCUT2D eigenvalue weighted by molar-refractivity contribution is -0.140. The van der Waals surface area contributed by atoms with Crippen LogP contribution < -0.4 is 15.5 Å². The minimum Gasteiger partial charge on any atom is -0.492 e. The number of amides is 1. The van der Waals surface area contributed by atoms with Crippen molar-refractivity contribution in [1.29, 1.82) is 0 Å². The average Bonchev–Trinajstić information content (AvgIpc) is 3.53. The van der Waals surface area contributed by atoms with Crippen LogP contribution in [0.2, 0.25) is 5.02 Å². The molecule has 0 bridgehead atoms. The number of piperazine rings is 1. The first-order chi connectivity index (χ1) is 19.5. The second-order valence-electron chi connectivity index (χ2n) is 10.1. The zero-order valence-corrected chi connectivity index (χ0v) is 24.0. The number of alkyl halides is 3. The maximum atomic E-state index is 14.0. The minimum atomic E-state index is -4.62. The highest BCUT2D eigenvalue weighted by Crippen LogP contribution is 2.40. The summed E-state index contributed by atoms with van der Waals surface area (Å²) in [5.74, 6) is -0.389. The molecule has 1 fully saturated rings. The normalized spacial score (nSPS) is 19.3. The van der Waals surface area contributed by atoms with Crippen molar-refractivity contribution in [1.82, 2.24) is 9.88 Å². The summed E-state index contributed by atoms with van der Waals surface area (Å²) in [5.41, 5.74) is 0.356. The summed E-state index contributed by atoms with van der Waals surface area (Å²) in [6.07, 6.45) is -3.19. The van der Waals surface area contributed by atoms with Crippen LogP contribution in [0.25, 0.3) is 5.57 Å². The number of aromatic nitrogens is 1. The van der Waals surface area contributed by atoms with Crippen LogP contribution in [0.15, 0.2) is 46.6 Å². The number of halogens is 4. The number of benzene rings is 2. The first-order valence-electron chi connectivity index (χ1n) is 12.8. The summed E-state index contributed by atoms with van der Waals surface area (Å²) in [4.78, 5) is 21.1. The minimum absolute atomic E-state index is 0.0117. The van der Waals surface area contributed by atoms with Crippen LogP contribution in [-0.2, 0) is 22.1 Å². The molecular formula is C28H27ClF3N5O3S. The number of hydrogen-bond donors (Lipinski definition) is 1. The lowest BCUT2D eigenvalue weighted by Gasteiger charge is -2.44. The molecule has 41 heavy (non-hydrogen) atoms. The fourth-order valence-corrected chi connectivity index (χ4v) is 6.58. The van der Waals surface area contributed by atoms with Crippen molar-refractivity contribution < 1.29 is 27.8 Å². The lowest BCUT2D eigenvalue weighted by Crippen LogP contribution is -2.59. The maximum Gasteiger partial charge on any atom is 0.416 e. The van der Waals surface area contributed by atoms with Gasteiger partial charge in [0.05, 0.1) is 22.0 Å². The fourth-order valence-electron chi connectivity index (χ4n) is 5.36. The Morgan fingerprint density at radius 3 is 2.59 bits per heavy atom. The van der Waals surface area contributed by atoms with E-state index in [1.807, 2.05) is 18.7 Å². The summed E-state index contributed by atoms with van der Waals surface area (Å²) in [6.45, 7) is 4.77. The molecule has 2 aliphatic rings. The van der Waals surface area contributed by atoms with E-state index in [1.165, 1.54) is 30.6 Å². The van der Waals surface area contributed by atoms with Crippen molar-refractivity contribution in [2.24, 2.45) is 10.2 Å². The maximum absolute atomic E-state index is 14.0. The third-order valence-electron chi connectivity index (χ3n) is 7.10. The Balaban J connectivity index is 1.57. The van der Waals surface area contributed by atoms with Crippen LogP contribution in [0.5, 0.6) is 5.88 Å². The number of hydrogen-bond acceptors (Lipinski definition) is 8. The summed E-state index contributed by atoms with van der Waals surface area (Å²) < 4.78 is 47.0. The van der Waals surface area contributed by atoms with Crippen LogP contribution in [-0.4, -0.2) is 66.0 Å². The van der Waals surface area contributed by atoms with Crippen molar-refractivity contribution in [3.8, 4) is 5.88 Å². The van der Waals surface area contributed by atoms with E-state index in [0.717, 1.165) is 11.6 Å². The van der Waals surface area contributed by atoms with Gasteiger partial charge in [-0.05, 0) is 54.5 Å². The van der Waals surface area contributed by atoms with Crippen molar-refractivity contribution in [3.63, 3.8) is 0 Å². The molecule has 2 atom stereocenters. The molecule has 8 nitrogen and oxygen atoms in total. The van der Waals surface area contributed by atoms with Crippen LogP contribution in [0.3, 0.4) is 0 Å². The number of rotatable bonds is 6. The number of fused-ring (bicyclic) bond motifs is 1. The van der Waals surface area contributed by atoms with Gasteiger partial charge in [-0.15, -0.1) is 0 Å². The van der Waals surface area contributed by atoms with Gasteiger partial charge in [0.1, 0.15) is 6.61 Å². The number of methoxy groups -OCH3 is 1. The molecule has 3 heterocycles. The quantitative estimate of drug-likeness (QED) is 0.459. The highest BCUT2D eigenvalue weighted by atomic mass is 35.5. The molecule has 0 aliphatic carbocycles. The van der Waals surface area contributed by atoms with Gasteiger partial charge >= 0.3 is 6.18 Å². The number of aromatic hydroxyl groups is 1. The number of carbonyl (C=O) groups is 1. The predicted octanol–water partition coefficient (Wildman–Crippen LogP) is 4.00. The lowest BCUT2D eigenvalue weighted by atomic mass is 9.96. The largest absolute Gasteiger partial charge is 0.492 e. The van der Waals surface area contributed by atoms with Crippen molar-refractivity contribution in [2.75, 3.05) is 31.7 Å². The Labute approximate surface area is 243 Å². The molecule has 0 spiro atoms. The number of carbonyl (C=O) groups excluding carboxylic acids is 1. The molecule has 3 aromatic rings. The highest BCUT2D eigenvalue weighted by Gasteiger charge is 2.36. The van der Waals surface area contributed by atoms with Gasteiger partial charge in [-0.3, -0.25) is 4.79 Å². The van der Waals surface area contributed by atoms with Crippen LogP contribution in [0.4, 0.5) is 18.3 Å². The molecule has 2 aliphatic heterocycles. The van der Waals surface area contributed by atoms with Crippen molar-refractivity contribution in [2.45, 2.75) is 38.5 Å². The number of nitrogens with zero attached hydrogens (tertiary/aromatic N) is 5. The molecule has 13 heteroatoms. The van der Waals surface area contributed by atoms with E-state index in [4.69, 9.17) is 16.3 Å². The predicted molar refractivity (Wildman–Crippen MR) is 151 cm³/mol. The average molecular weight is 606 g/mol. The van der Waals surface area contributed by atoms with Gasteiger partial charge in [-0.25, -0.2) is 0 Å². The zero-order chi connectivity index (χ0) is 29.5. The van der Waals surface area contributed by atoms with E-state index >= 15 is 0 Å². The smallest absolute Gasteiger partial charge is 0.416 e. The number of thiazole rings is 1. The molecule has 1 aromatic heterocycles. The summed E-state index contributed by atoms with van der Waals surface area (Å²) >= 11 is 7.12. The van der Waals surface area contributed by atoms with Gasteiger partial charge in [0.2, 0.25) is 11.8 Å². The zero-order valence-electron chi connectivity index (χ0n) is 22.4. The first kappa shape index (κ1) is 29.0. The molecule has 1 saturated heterocycles. The Hall–Kier alpha value is -3.48. The Kier molecular flexibility index (Phi) is 8.09. The van der Waals surface area contributed by atoms with Gasteiger partial charge < -0.3 is 19.6 Å². The summed E-state index contributed by atoms with van der Waals surface area (Å²) in [7, 11) is 1.47. The van der Waals surface area contributed by atoms with Crippen LogP contribution in [0, 0.1) is 0 Å². The van der Waals surface area contributed by atoms with Gasteiger partial charge in [0, 0.05) is 49.3 Å². The fraction of sp³-hybridized carbons (Fsp3) is 0.357. The highest BCUT2D eigenvalue weighted by molar-refractivity contribution is 7.17. The molecule has 216 valence electrons. The Morgan fingerprint density at radius 2 is 1.90 bits per heavy atom. The topological polar surface area (TPSA) is 90.6 Å². The second kappa shape index (κ2) is 11.4. The Morgan fingerprint density at radius 1 is 1.17 bits per heavy atom. The number of anilines is 1. The first-order valence-corrected chi connectivity index (χ1v) is 14.0. The molecule has 1 N–H and O–H groups in total. The van der Waals surface area contributed by atoms with Gasteiger partial charge in [-0.2, -0.15) is 28.4 Å². The molecular weight excluding hydrogens is 579 g/mol. The van der Waals surface area contributed by atoms with Crippen LogP contribution in [0.1, 0.15) is 35.4 Å². The summed E-state index contributed by atoms with van der Waals surface area (Å²) in [6, 6.07) is 8.66. The van der Waals surface area contributed by atoms with E-state index in [1.54, 1.807) is 29.3 Å². The standard InChI is InChI=1S/C28H27ClF3N5O3S/c1-15-12-36(13-16(2)37(15)24(38)14-40-3)27-34-26(39)25(41-27)21(17-5-7-23-19(8-17)11-33-35-23)9-18-4-6-20(29)10-22(18)28(30,31)32/h4-8,10-11,15-16,39H,9,12-14H2,1-3H3/t15-,16+. The third kappa shape index (κ3) is 5.95. The van der Waals surface area contributed by atoms with Gasteiger partial charge in [-0.1, -0.05) is 35.1 Å². The summed E-state index contributed by atoms with van der Waals surface area (Å²) in [5, 5.41) is 20.8.